The Kier molecular flexibility index (Phi) is 4.31. The second-order valence-electron chi connectivity index (χ2n) is 3.47. The number of carboxylic acids is 1. The summed E-state index contributed by atoms with van der Waals surface area (Å²) in [6, 6.07) is -0.418. The Morgan fingerprint density at radius 3 is 3.07 bits per heavy atom. The molecule has 0 aliphatic carbocycles. The number of nitrogens with zero attached hydrogens (tertiary/aromatic N) is 1. The molecule has 5 nitrogen and oxygen atoms in total. The van der Waals surface area contributed by atoms with E-state index in [2.05, 4.69) is 0 Å². The van der Waals surface area contributed by atoms with Crippen LogP contribution in [-0.4, -0.2) is 61.5 Å². The minimum absolute atomic E-state index is 0.116. The van der Waals surface area contributed by atoms with Crippen LogP contribution in [0.3, 0.4) is 0 Å². The van der Waals surface area contributed by atoms with Gasteiger partial charge in [-0.25, -0.2) is 0 Å². The fourth-order valence-electron chi connectivity index (χ4n) is 1.69. The van der Waals surface area contributed by atoms with Gasteiger partial charge in [0.15, 0.2) is 0 Å². The lowest BCUT2D eigenvalue weighted by Crippen LogP contribution is -2.54. The van der Waals surface area contributed by atoms with Gasteiger partial charge in [-0.2, -0.15) is 0 Å². The SMILES string of the molecule is COCC(C)N1CCOCC1C(=O)O. The smallest absolute Gasteiger partial charge is 0.323 e. The van der Waals surface area contributed by atoms with Gasteiger partial charge in [0.05, 0.1) is 19.8 Å². The van der Waals surface area contributed by atoms with Crippen LogP contribution in [0.2, 0.25) is 0 Å². The lowest BCUT2D eigenvalue weighted by molar-refractivity contribution is -0.152. The topological polar surface area (TPSA) is 59.0 Å². The minimum Gasteiger partial charge on any atom is -0.480 e. The molecule has 0 aromatic carbocycles. The Balaban J connectivity index is 2.57. The number of carboxylic acid groups (broad SMARTS) is 1. The molecule has 0 aromatic heterocycles. The normalized spacial score (nSPS) is 26.0. The van der Waals surface area contributed by atoms with Crippen molar-refractivity contribution in [2.75, 3.05) is 33.5 Å². The molecule has 0 bridgehead atoms. The Hall–Kier alpha value is -0.650. The summed E-state index contributed by atoms with van der Waals surface area (Å²) in [5, 5.41) is 8.96. The van der Waals surface area contributed by atoms with Crippen LogP contribution in [0.15, 0.2) is 0 Å². The Labute approximate surface area is 83.6 Å². The average Bonchev–Trinajstić information content (AvgIpc) is 2.18. The molecule has 1 heterocycles. The van der Waals surface area contributed by atoms with Crippen molar-refractivity contribution in [2.45, 2.75) is 19.0 Å². The summed E-state index contributed by atoms with van der Waals surface area (Å²) in [4.78, 5) is 12.8. The second-order valence-corrected chi connectivity index (χ2v) is 3.47. The number of hydrogen-bond donors (Lipinski definition) is 1. The highest BCUT2D eigenvalue weighted by Crippen LogP contribution is 2.11. The number of aliphatic carboxylic acids is 1. The lowest BCUT2D eigenvalue weighted by Gasteiger charge is -2.36. The molecule has 0 saturated carbocycles. The summed E-state index contributed by atoms with van der Waals surface area (Å²) in [5.74, 6) is -0.826. The van der Waals surface area contributed by atoms with Gasteiger partial charge in [-0.3, -0.25) is 9.69 Å². The Morgan fingerprint density at radius 1 is 1.79 bits per heavy atom. The van der Waals surface area contributed by atoms with Gasteiger partial charge in [-0.05, 0) is 6.92 Å². The lowest BCUT2D eigenvalue weighted by atomic mass is 10.1. The van der Waals surface area contributed by atoms with E-state index in [1.165, 1.54) is 0 Å². The molecule has 5 heteroatoms. The Morgan fingerprint density at radius 2 is 2.50 bits per heavy atom. The van der Waals surface area contributed by atoms with Crippen molar-refractivity contribution >= 4 is 5.97 Å². The largest absolute Gasteiger partial charge is 0.480 e. The molecule has 82 valence electrons. The van der Waals surface area contributed by atoms with Crippen LogP contribution in [0.1, 0.15) is 6.92 Å². The molecule has 1 rings (SSSR count). The first kappa shape index (κ1) is 11.4. The zero-order chi connectivity index (χ0) is 10.6. The molecule has 0 aromatic rings. The molecule has 0 radical (unpaired) electrons. The Bertz CT molecular complexity index is 197. The molecule has 0 amide bonds. The zero-order valence-electron chi connectivity index (χ0n) is 8.60. The van der Waals surface area contributed by atoms with Gasteiger partial charge in [0.1, 0.15) is 6.04 Å². The van der Waals surface area contributed by atoms with Crippen molar-refractivity contribution in [2.24, 2.45) is 0 Å². The molecule has 1 aliphatic rings. The summed E-state index contributed by atoms with van der Waals surface area (Å²) >= 11 is 0. The van der Waals surface area contributed by atoms with E-state index in [1.54, 1.807) is 7.11 Å². The van der Waals surface area contributed by atoms with Gasteiger partial charge in [0.25, 0.3) is 0 Å². The summed E-state index contributed by atoms with van der Waals surface area (Å²) < 4.78 is 10.1. The molecule has 1 aliphatic heterocycles. The van der Waals surface area contributed by atoms with Crippen LogP contribution < -0.4 is 0 Å². The predicted molar refractivity (Wildman–Crippen MR) is 50.3 cm³/mol. The molecule has 0 spiro atoms. The summed E-state index contributed by atoms with van der Waals surface area (Å²) in [6.07, 6.45) is 0. The molecule has 1 fully saturated rings. The average molecular weight is 203 g/mol. The molecule has 2 unspecified atom stereocenters. The standard InChI is InChI=1S/C9H17NO4/c1-7(5-13-2)10-3-4-14-6-8(10)9(11)12/h7-8H,3-6H2,1-2H3,(H,11,12). The molecule has 1 saturated heterocycles. The van der Waals surface area contributed by atoms with E-state index in [9.17, 15) is 4.79 Å². The monoisotopic (exact) mass is 203 g/mol. The van der Waals surface area contributed by atoms with Crippen LogP contribution in [0, 0.1) is 0 Å². The molecule has 2 atom stereocenters. The van der Waals surface area contributed by atoms with Crippen molar-refractivity contribution in [1.82, 2.24) is 4.90 Å². The summed E-state index contributed by atoms with van der Waals surface area (Å²) in [5.41, 5.74) is 0. The van der Waals surface area contributed by atoms with Gasteiger partial charge in [-0.15, -0.1) is 0 Å². The predicted octanol–water partition coefficient (Wildman–Crippen LogP) is -0.193. The van der Waals surface area contributed by atoms with E-state index in [0.717, 1.165) is 0 Å². The van der Waals surface area contributed by atoms with Gasteiger partial charge >= 0.3 is 5.97 Å². The van der Waals surface area contributed by atoms with E-state index >= 15 is 0 Å². The third kappa shape index (κ3) is 2.67. The number of hydrogen-bond acceptors (Lipinski definition) is 4. The van der Waals surface area contributed by atoms with Crippen molar-refractivity contribution in [3.63, 3.8) is 0 Å². The highest BCUT2D eigenvalue weighted by molar-refractivity contribution is 5.73. The molecular formula is C9H17NO4. The number of ether oxygens (including phenoxy) is 2. The fraction of sp³-hybridized carbons (Fsp3) is 0.889. The first-order chi connectivity index (χ1) is 6.66. The van der Waals surface area contributed by atoms with Crippen molar-refractivity contribution in [3.05, 3.63) is 0 Å². The maximum atomic E-state index is 10.9. The van der Waals surface area contributed by atoms with Crippen LogP contribution in [0.25, 0.3) is 0 Å². The highest BCUT2D eigenvalue weighted by atomic mass is 16.5. The van der Waals surface area contributed by atoms with Crippen molar-refractivity contribution in [1.29, 1.82) is 0 Å². The maximum absolute atomic E-state index is 10.9. The number of rotatable bonds is 4. The van der Waals surface area contributed by atoms with Crippen molar-refractivity contribution < 1.29 is 19.4 Å². The van der Waals surface area contributed by atoms with E-state index < -0.39 is 12.0 Å². The van der Waals surface area contributed by atoms with E-state index in [0.29, 0.717) is 19.8 Å². The quantitative estimate of drug-likeness (QED) is 0.686. The second kappa shape index (κ2) is 5.29. The van der Waals surface area contributed by atoms with Gasteiger partial charge in [0.2, 0.25) is 0 Å². The van der Waals surface area contributed by atoms with E-state index in [-0.39, 0.29) is 12.6 Å². The van der Waals surface area contributed by atoms with Crippen LogP contribution >= 0.6 is 0 Å². The van der Waals surface area contributed by atoms with Gasteiger partial charge in [0, 0.05) is 19.7 Å². The van der Waals surface area contributed by atoms with E-state index in [1.807, 2.05) is 11.8 Å². The number of carbonyl (C=O) groups is 1. The first-order valence-corrected chi connectivity index (χ1v) is 4.72. The summed E-state index contributed by atoms with van der Waals surface area (Å²) in [7, 11) is 1.62. The first-order valence-electron chi connectivity index (χ1n) is 4.72. The molecular weight excluding hydrogens is 186 g/mol. The van der Waals surface area contributed by atoms with E-state index in [4.69, 9.17) is 14.6 Å². The molecule has 14 heavy (non-hydrogen) atoms. The van der Waals surface area contributed by atoms with Crippen LogP contribution in [-0.2, 0) is 14.3 Å². The third-order valence-electron chi connectivity index (χ3n) is 2.43. The minimum atomic E-state index is -0.826. The number of morpholine rings is 1. The third-order valence-corrected chi connectivity index (χ3v) is 2.43. The zero-order valence-corrected chi connectivity index (χ0v) is 8.60. The van der Waals surface area contributed by atoms with Gasteiger partial charge < -0.3 is 14.6 Å². The van der Waals surface area contributed by atoms with Crippen molar-refractivity contribution in [3.8, 4) is 0 Å². The van der Waals surface area contributed by atoms with Gasteiger partial charge in [-0.1, -0.05) is 0 Å². The maximum Gasteiger partial charge on any atom is 0.323 e. The fourth-order valence-corrected chi connectivity index (χ4v) is 1.69. The summed E-state index contributed by atoms with van der Waals surface area (Å²) in [6.45, 7) is 4.03. The van der Waals surface area contributed by atoms with Crippen LogP contribution in [0.4, 0.5) is 0 Å². The highest BCUT2D eigenvalue weighted by Gasteiger charge is 2.32. The number of methoxy groups -OCH3 is 1. The molecule has 1 N–H and O–H groups in total. The van der Waals surface area contributed by atoms with Crippen LogP contribution in [0.5, 0.6) is 0 Å².